The van der Waals surface area contributed by atoms with E-state index in [1.165, 1.54) is 0 Å². The number of carbonyl (C=O) groups excluding carboxylic acids is 1. The van der Waals surface area contributed by atoms with Gasteiger partial charge in [-0.25, -0.2) is 0 Å². The van der Waals surface area contributed by atoms with E-state index in [0.717, 1.165) is 27.9 Å². The molecule has 1 aliphatic heterocycles. The van der Waals surface area contributed by atoms with Gasteiger partial charge in [-0.2, -0.15) is 0 Å². The summed E-state index contributed by atoms with van der Waals surface area (Å²) in [6.45, 7) is 7.54. The number of ether oxygens (including phenoxy) is 1. The Morgan fingerprint density at radius 3 is 2.12 bits per heavy atom. The van der Waals surface area contributed by atoms with Crippen LogP contribution >= 0.6 is 0 Å². The fourth-order valence-electron chi connectivity index (χ4n) is 3.17. The van der Waals surface area contributed by atoms with E-state index >= 15 is 0 Å². The van der Waals surface area contributed by atoms with Gasteiger partial charge in [0.25, 0.3) is 0 Å². The summed E-state index contributed by atoms with van der Waals surface area (Å²) < 4.78 is 5.98. The quantitative estimate of drug-likeness (QED) is 0.849. The minimum absolute atomic E-state index is 0.0148. The number of hydrogen-bond acceptors (Lipinski definition) is 4. The number of nitrogens with two attached hydrogens (primary N) is 1. The van der Waals surface area contributed by atoms with Crippen molar-refractivity contribution in [3.8, 4) is 16.9 Å². The number of hydrogen-bond donors (Lipinski definition) is 1. The highest BCUT2D eigenvalue weighted by molar-refractivity contribution is 6.14. The fraction of sp³-hybridized carbons (Fsp3) is 0.350. The lowest BCUT2D eigenvalue weighted by molar-refractivity contribution is 0.0683. The van der Waals surface area contributed by atoms with E-state index in [4.69, 9.17) is 10.5 Å². The van der Waals surface area contributed by atoms with Crippen molar-refractivity contribution in [3.05, 3.63) is 41.0 Å². The first-order valence-electron chi connectivity index (χ1n) is 8.09. The SMILES string of the molecule is Cc1c(C)c2c(c(-c3ccc(N(C)C)cc3)c1N)C(=O)C(C)(C)O2. The lowest BCUT2D eigenvalue weighted by Gasteiger charge is -2.18. The van der Waals surface area contributed by atoms with Gasteiger partial charge in [-0.3, -0.25) is 4.79 Å². The van der Waals surface area contributed by atoms with Crippen LogP contribution in [0.1, 0.15) is 35.3 Å². The molecule has 0 bridgehead atoms. The zero-order valence-corrected chi connectivity index (χ0v) is 15.2. The standard InChI is InChI=1S/C20H24N2O2/c1-11-12(2)18-16(19(23)20(3,4)24-18)15(17(11)21)13-7-9-14(10-8-13)22(5)6/h7-10H,21H2,1-6H3. The predicted molar refractivity (Wildman–Crippen MR) is 99.1 cm³/mol. The summed E-state index contributed by atoms with van der Waals surface area (Å²) in [5, 5.41) is 0. The molecule has 1 heterocycles. The highest BCUT2D eigenvalue weighted by Crippen LogP contribution is 2.47. The number of rotatable bonds is 2. The lowest BCUT2D eigenvalue weighted by atomic mass is 9.87. The normalized spacial score (nSPS) is 15.2. The molecule has 4 heteroatoms. The summed E-state index contributed by atoms with van der Waals surface area (Å²) in [4.78, 5) is 15.0. The summed E-state index contributed by atoms with van der Waals surface area (Å²) in [7, 11) is 3.99. The molecule has 2 aromatic rings. The molecule has 0 amide bonds. The summed E-state index contributed by atoms with van der Waals surface area (Å²) >= 11 is 0. The molecule has 0 saturated heterocycles. The van der Waals surface area contributed by atoms with Crippen LogP contribution in [-0.2, 0) is 0 Å². The Kier molecular flexibility index (Phi) is 3.59. The van der Waals surface area contributed by atoms with E-state index in [2.05, 4.69) is 0 Å². The van der Waals surface area contributed by atoms with E-state index in [1.807, 2.05) is 57.1 Å². The third kappa shape index (κ3) is 2.25. The summed E-state index contributed by atoms with van der Waals surface area (Å²) in [6, 6.07) is 8.08. The number of anilines is 2. The van der Waals surface area contributed by atoms with Crippen molar-refractivity contribution < 1.29 is 9.53 Å². The van der Waals surface area contributed by atoms with E-state index in [9.17, 15) is 4.79 Å². The monoisotopic (exact) mass is 324 g/mol. The van der Waals surface area contributed by atoms with Gasteiger partial charge in [0, 0.05) is 31.0 Å². The Bertz CT molecular complexity index is 834. The van der Waals surface area contributed by atoms with Gasteiger partial charge in [-0.1, -0.05) is 12.1 Å². The van der Waals surface area contributed by atoms with E-state index < -0.39 is 5.60 Å². The minimum atomic E-state index is -0.856. The Labute approximate surface area is 143 Å². The minimum Gasteiger partial charge on any atom is -0.479 e. The molecule has 4 nitrogen and oxygen atoms in total. The molecule has 3 rings (SSSR count). The average Bonchev–Trinajstić information content (AvgIpc) is 2.77. The molecule has 0 fully saturated rings. The van der Waals surface area contributed by atoms with Gasteiger partial charge in [0.2, 0.25) is 5.78 Å². The highest BCUT2D eigenvalue weighted by atomic mass is 16.5. The van der Waals surface area contributed by atoms with Gasteiger partial charge >= 0.3 is 0 Å². The molecule has 0 saturated carbocycles. The lowest BCUT2D eigenvalue weighted by Crippen LogP contribution is -2.32. The van der Waals surface area contributed by atoms with Crippen molar-refractivity contribution in [2.24, 2.45) is 0 Å². The molecule has 0 aromatic heterocycles. The first-order valence-corrected chi connectivity index (χ1v) is 8.09. The predicted octanol–water partition coefficient (Wildman–Crippen LogP) is 3.97. The Balaban J connectivity index is 2.28. The first kappa shape index (κ1) is 16.4. The fourth-order valence-corrected chi connectivity index (χ4v) is 3.17. The van der Waals surface area contributed by atoms with Crippen molar-refractivity contribution >= 4 is 17.2 Å². The molecule has 2 N–H and O–H groups in total. The molecule has 0 aliphatic carbocycles. The van der Waals surface area contributed by atoms with Gasteiger partial charge in [0.1, 0.15) is 5.75 Å². The van der Waals surface area contributed by atoms with Crippen molar-refractivity contribution in [2.75, 3.05) is 24.7 Å². The maximum absolute atomic E-state index is 12.9. The van der Waals surface area contributed by atoms with E-state index in [1.54, 1.807) is 13.8 Å². The number of nitrogens with zero attached hydrogens (tertiary/aromatic N) is 1. The summed E-state index contributed by atoms with van der Waals surface area (Å²) in [5.41, 5.74) is 11.5. The van der Waals surface area contributed by atoms with Crippen LogP contribution < -0.4 is 15.4 Å². The highest BCUT2D eigenvalue weighted by Gasteiger charge is 2.43. The number of Topliss-reactive ketones (excluding diaryl/α,β-unsaturated/α-hetero) is 1. The zero-order valence-electron chi connectivity index (χ0n) is 15.2. The number of ketones is 1. The average molecular weight is 324 g/mol. The molecule has 0 unspecified atom stereocenters. The van der Waals surface area contributed by atoms with Gasteiger partial charge in [-0.15, -0.1) is 0 Å². The molecular formula is C20H24N2O2. The van der Waals surface area contributed by atoms with Crippen molar-refractivity contribution in [2.45, 2.75) is 33.3 Å². The van der Waals surface area contributed by atoms with Crippen molar-refractivity contribution in [1.29, 1.82) is 0 Å². The van der Waals surface area contributed by atoms with Crippen LogP contribution in [0.4, 0.5) is 11.4 Å². The molecule has 0 atom stereocenters. The molecule has 0 radical (unpaired) electrons. The van der Waals surface area contributed by atoms with Gasteiger partial charge in [0.05, 0.1) is 5.56 Å². The third-order valence-corrected chi connectivity index (χ3v) is 4.86. The molecule has 24 heavy (non-hydrogen) atoms. The number of carbonyl (C=O) groups is 1. The smallest absolute Gasteiger partial charge is 0.210 e. The third-order valence-electron chi connectivity index (χ3n) is 4.86. The van der Waals surface area contributed by atoms with Crippen LogP contribution in [-0.4, -0.2) is 25.5 Å². The van der Waals surface area contributed by atoms with Crippen LogP contribution in [0.15, 0.2) is 24.3 Å². The summed E-state index contributed by atoms with van der Waals surface area (Å²) in [6.07, 6.45) is 0. The Morgan fingerprint density at radius 1 is 1.00 bits per heavy atom. The number of benzene rings is 2. The second kappa shape index (κ2) is 5.26. The van der Waals surface area contributed by atoms with Crippen molar-refractivity contribution in [3.63, 3.8) is 0 Å². The van der Waals surface area contributed by atoms with Crippen molar-refractivity contribution in [1.82, 2.24) is 0 Å². The molecule has 126 valence electrons. The maximum atomic E-state index is 12.9. The second-order valence-corrected chi connectivity index (χ2v) is 7.13. The van der Waals surface area contributed by atoms with Gasteiger partial charge < -0.3 is 15.4 Å². The molecule has 1 aliphatic rings. The Morgan fingerprint density at radius 2 is 1.58 bits per heavy atom. The van der Waals surface area contributed by atoms with E-state index in [-0.39, 0.29) is 5.78 Å². The molecular weight excluding hydrogens is 300 g/mol. The van der Waals surface area contributed by atoms with Crippen LogP contribution in [0, 0.1) is 13.8 Å². The maximum Gasteiger partial charge on any atom is 0.210 e. The van der Waals surface area contributed by atoms with Crippen LogP contribution in [0.25, 0.3) is 11.1 Å². The van der Waals surface area contributed by atoms with Crippen LogP contribution in [0.3, 0.4) is 0 Å². The number of nitrogen functional groups attached to an aromatic ring is 1. The van der Waals surface area contributed by atoms with Gasteiger partial charge in [-0.05, 0) is 56.5 Å². The zero-order chi connectivity index (χ0) is 17.8. The topological polar surface area (TPSA) is 55.6 Å². The van der Waals surface area contributed by atoms with E-state index in [0.29, 0.717) is 17.0 Å². The van der Waals surface area contributed by atoms with Gasteiger partial charge in [0.15, 0.2) is 5.60 Å². The number of fused-ring (bicyclic) bond motifs is 1. The molecule has 0 spiro atoms. The molecule has 2 aromatic carbocycles. The Hall–Kier alpha value is -2.49. The first-order chi connectivity index (χ1) is 11.1. The summed E-state index contributed by atoms with van der Waals surface area (Å²) in [5.74, 6) is 0.655. The largest absolute Gasteiger partial charge is 0.479 e. The van der Waals surface area contributed by atoms with Crippen LogP contribution in [0.2, 0.25) is 0 Å². The second-order valence-electron chi connectivity index (χ2n) is 7.13. The van der Waals surface area contributed by atoms with Crippen LogP contribution in [0.5, 0.6) is 5.75 Å².